The molecule has 4 rings (SSSR count). The summed E-state index contributed by atoms with van der Waals surface area (Å²) in [6, 6.07) is 7.23. The van der Waals surface area contributed by atoms with Gasteiger partial charge in [0.2, 0.25) is 5.95 Å². The number of halogens is 1. The van der Waals surface area contributed by atoms with Crippen LogP contribution in [-0.2, 0) is 23.4 Å². The van der Waals surface area contributed by atoms with Crippen molar-refractivity contribution in [1.82, 2.24) is 24.6 Å². The second-order valence-corrected chi connectivity index (χ2v) is 10.8. The number of imidazole rings is 1. The molecule has 3 heterocycles. The number of anilines is 1. The van der Waals surface area contributed by atoms with E-state index in [4.69, 9.17) is 24.3 Å². The molecule has 0 bridgehead atoms. The zero-order chi connectivity index (χ0) is 27.4. The van der Waals surface area contributed by atoms with Gasteiger partial charge in [-0.15, -0.1) is 0 Å². The van der Waals surface area contributed by atoms with Crippen molar-refractivity contribution in [3.8, 4) is 5.75 Å². The third-order valence-electron chi connectivity index (χ3n) is 5.76. The van der Waals surface area contributed by atoms with Crippen LogP contribution < -0.4 is 20.9 Å². The first kappa shape index (κ1) is 27.7. The highest BCUT2D eigenvalue weighted by Crippen LogP contribution is 2.46. The van der Waals surface area contributed by atoms with Crippen LogP contribution in [0.5, 0.6) is 5.75 Å². The molecule has 13 nitrogen and oxygen atoms in total. The van der Waals surface area contributed by atoms with E-state index < -0.39 is 50.2 Å². The molecule has 1 aliphatic heterocycles. The number of para-hydroxylation sites is 1. The Hall–Kier alpha value is -3.32. The number of alkyl halides is 1. The molecule has 0 saturated carbocycles. The van der Waals surface area contributed by atoms with Gasteiger partial charge in [0.25, 0.3) is 5.56 Å². The van der Waals surface area contributed by atoms with Crippen LogP contribution in [0.4, 0.5) is 10.3 Å². The van der Waals surface area contributed by atoms with Crippen molar-refractivity contribution in [1.29, 1.82) is 0 Å². The van der Waals surface area contributed by atoms with Crippen molar-refractivity contribution in [3.63, 3.8) is 0 Å². The lowest BCUT2D eigenvalue weighted by atomic mass is 10.0. The first-order chi connectivity index (χ1) is 18.1. The van der Waals surface area contributed by atoms with Crippen LogP contribution in [0.1, 0.15) is 33.4 Å². The van der Waals surface area contributed by atoms with E-state index >= 15 is 0 Å². The van der Waals surface area contributed by atoms with Crippen molar-refractivity contribution in [2.45, 2.75) is 51.7 Å². The largest absolute Gasteiger partial charge is 0.462 e. The molecule has 1 fully saturated rings. The fourth-order valence-corrected chi connectivity index (χ4v) is 5.46. The highest BCUT2D eigenvalue weighted by Gasteiger charge is 2.40. The minimum Gasteiger partial charge on any atom is -0.462 e. The van der Waals surface area contributed by atoms with E-state index in [-0.39, 0.29) is 42.0 Å². The second-order valence-electron chi connectivity index (χ2n) is 9.09. The highest BCUT2D eigenvalue weighted by atomic mass is 31.2. The van der Waals surface area contributed by atoms with Gasteiger partial charge in [0.1, 0.15) is 18.0 Å². The zero-order valence-electron chi connectivity index (χ0n) is 21.1. The Morgan fingerprint density at radius 2 is 2.08 bits per heavy atom. The summed E-state index contributed by atoms with van der Waals surface area (Å²) in [5.41, 5.74) is 5.40. The van der Waals surface area contributed by atoms with Gasteiger partial charge in [0.05, 0.1) is 31.8 Å². The normalized spacial score (nSPS) is 21.9. The van der Waals surface area contributed by atoms with E-state index in [0.717, 1.165) is 0 Å². The number of H-pyrrole nitrogens is 1. The Balaban J connectivity index is 1.51. The number of hydrogen-bond donors (Lipinski definition) is 3. The van der Waals surface area contributed by atoms with Gasteiger partial charge in [-0.25, -0.2) is 9.55 Å². The predicted molar refractivity (Wildman–Crippen MR) is 135 cm³/mol. The monoisotopic (exact) mass is 552 g/mol. The lowest BCUT2D eigenvalue weighted by molar-refractivity contribution is -0.149. The van der Waals surface area contributed by atoms with Gasteiger partial charge < -0.3 is 19.7 Å². The molecule has 1 saturated heterocycles. The Bertz CT molecular complexity index is 1370. The minimum atomic E-state index is -4.16. The van der Waals surface area contributed by atoms with E-state index in [1.165, 1.54) is 17.8 Å². The van der Waals surface area contributed by atoms with Gasteiger partial charge in [-0.2, -0.15) is 10.1 Å². The first-order valence-corrected chi connectivity index (χ1v) is 13.5. The van der Waals surface area contributed by atoms with Gasteiger partial charge in [0, 0.05) is 12.3 Å². The molecule has 1 aromatic carbocycles. The van der Waals surface area contributed by atoms with Crippen LogP contribution in [-0.4, -0.2) is 57.0 Å². The number of nitrogens with two attached hydrogens (primary N) is 1. The summed E-state index contributed by atoms with van der Waals surface area (Å²) in [7, 11) is -4.16. The summed E-state index contributed by atoms with van der Waals surface area (Å²) in [4.78, 5) is 35.0. The number of carbonyl (C=O) groups is 1. The smallest absolute Gasteiger partial charge is 0.459 e. The van der Waals surface area contributed by atoms with Gasteiger partial charge in [-0.3, -0.25) is 28.1 Å². The van der Waals surface area contributed by atoms with Crippen molar-refractivity contribution in [2.24, 2.45) is 5.92 Å². The molecule has 1 aliphatic rings. The maximum atomic E-state index is 14.0. The lowest BCUT2D eigenvalue weighted by Gasteiger charge is -2.25. The zero-order valence-corrected chi connectivity index (χ0v) is 22.0. The van der Waals surface area contributed by atoms with Gasteiger partial charge in [-0.05, 0) is 32.9 Å². The second kappa shape index (κ2) is 11.6. The van der Waals surface area contributed by atoms with Crippen molar-refractivity contribution in [3.05, 3.63) is 47.0 Å². The number of nitrogen functional groups attached to an aromatic ring is 1. The van der Waals surface area contributed by atoms with Crippen molar-refractivity contribution < 1.29 is 32.3 Å². The Morgan fingerprint density at radius 1 is 1.34 bits per heavy atom. The van der Waals surface area contributed by atoms with E-state index in [9.17, 15) is 18.5 Å². The lowest BCUT2D eigenvalue weighted by Crippen LogP contribution is -2.37. The number of esters is 1. The van der Waals surface area contributed by atoms with Gasteiger partial charge in [-0.1, -0.05) is 18.2 Å². The number of hydrogen-bond acceptors (Lipinski definition) is 10. The van der Waals surface area contributed by atoms with Crippen LogP contribution in [0.2, 0.25) is 0 Å². The molecule has 3 aromatic rings. The Labute approximate surface area is 217 Å². The predicted octanol–water partition coefficient (Wildman–Crippen LogP) is 2.71. The van der Waals surface area contributed by atoms with E-state index in [1.807, 2.05) is 0 Å². The van der Waals surface area contributed by atoms with Crippen LogP contribution in [0, 0.1) is 5.92 Å². The average Bonchev–Trinajstić information content (AvgIpc) is 3.47. The Morgan fingerprint density at radius 3 is 2.76 bits per heavy atom. The average molecular weight is 553 g/mol. The maximum Gasteiger partial charge on any atom is 0.459 e. The number of rotatable bonds is 11. The number of aromatic amines is 1. The molecule has 0 unspecified atom stereocenters. The summed E-state index contributed by atoms with van der Waals surface area (Å²) >= 11 is 0. The number of fused-ring (bicyclic) bond motifs is 1. The SMILES string of the molecule is CC(C)OC(=O)[C@@H](C)N[P@@](=O)(OC[C@H]1O[C@@H](n2cnc3c(=O)[nH]c(N)nc32)C[C@@H]1CF)Oc1ccccc1. The summed E-state index contributed by atoms with van der Waals surface area (Å²) in [6.45, 7) is 3.77. The number of nitrogens with zero attached hydrogens (tertiary/aromatic N) is 3. The molecule has 15 heteroatoms. The standard InChI is InChI=1S/C23H30FN6O7P/c1-13(2)35-22(32)14(3)29-38(33,37-16-7-5-4-6-8-16)34-11-17-15(10-24)9-18(36-17)30-12-26-19-20(30)27-23(25)28-21(19)31/h4-8,12-15,17-18H,9-11H2,1-3H3,(H,29,33)(H3,25,27,28,31)/t14-,15-,17-,18-,38-/m1/s1. The van der Waals surface area contributed by atoms with Crippen LogP contribution in [0.15, 0.2) is 41.5 Å². The molecule has 5 atom stereocenters. The quantitative estimate of drug-likeness (QED) is 0.236. The van der Waals surface area contributed by atoms with E-state index in [0.29, 0.717) is 0 Å². The molecule has 0 spiro atoms. The molecular weight excluding hydrogens is 522 g/mol. The third kappa shape index (κ3) is 6.38. The minimum absolute atomic E-state index is 0.0616. The van der Waals surface area contributed by atoms with Gasteiger partial charge >= 0.3 is 13.7 Å². The molecule has 4 N–H and O–H groups in total. The highest BCUT2D eigenvalue weighted by molar-refractivity contribution is 7.52. The molecular formula is C23H30FN6O7P. The fourth-order valence-electron chi connectivity index (χ4n) is 3.96. The third-order valence-corrected chi connectivity index (χ3v) is 7.40. The van der Waals surface area contributed by atoms with Crippen LogP contribution in [0.3, 0.4) is 0 Å². The first-order valence-electron chi connectivity index (χ1n) is 12.0. The summed E-state index contributed by atoms with van der Waals surface area (Å²) in [6.07, 6.45) is -0.378. The number of nitrogens with one attached hydrogen (secondary N) is 2. The molecule has 206 valence electrons. The molecule has 2 aromatic heterocycles. The number of benzene rings is 1. The fraction of sp³-hybridized carbons (Fsp3) is 0.478. The molecule has 0 radical (unpaired) electrons. The maximum absolute atomic E-state index is 14.0. The van der Waals surface area contributed by atoms with Crippen molar-refractivity contribution in [2.75, 3.05) is 19.0 Å². The number of aromatic nitrogens is 4. The van der Waals surface area contributed by atoms with Gasteiger partial charge in [0.15, 0.2) is 11.2 Å². The Kier molecular flexibility index (Phi) is 8.46. The van der Waals surface area contributed by atoms with E-state index in [2.05, 4.69) is 20.0 Å². The van der Waals surface area contributed by atoms with Crippen LogP contribution >= 0.6 is 7.75 Å². The van der Waals surface area contributed by atoms with E-state index in [1.54, 1.807) is 44.2 Å². The van der Waals surface area contributed by atoms with Crippen LogP contribution in [0.25, 0.3) is 11.2 Å². The molecule has 38 heavy (non-hydrogen) atoms. The molecule has 0 aliphatic carbocycles. The summed E-state index contributed by atoms with van der Waals surface area (Å²) in [5, 5.41) is 2.59. The van der Waals surface area contributed by atoms with Crippen molar-refractivity contribution >= 4 is 30.8 Å². The summed E-state index contributed by atoms with van der Waals surface area (Å²) < 4.78 is 51.7. The number of ether oxygens (including phenoxy) is 2. The number of carbonyl (C=O) groups excluding carboxylic acids is 1. The molecule has 0 amide bonds. The topological polar surface area (TPSA) is 173 Å². The summed E-state index contributed by atoms with van der Waals surface area (Å²) in [5.74, 6) is -1.14.